The van der Waals surface area contributed by atoms with Crippen LogP contribution in [0.15, 0.2) is 47.3 Å². The van der Waals surface area contributed by atoms with Gasteiger partial charge in [0.2, 0.25) is 0 Å². The van der Waals surface area contributed by atoms with E-state index in [4.69, 9.17) is 23.2 Å². The van der Waals surface area contributed by atoms with E-state index in [9.17, 15) is 9.59 Å². The summed E-state index contributed by atoms with van der Waals surface area (Å²) in [6.45, 7) is 1.55. The van der Waals surface area contributed by atoms with Gasteiger partial charge in [-0.05, 0) is 31.2 Å². The van der Waals surface area contributed by atoms with Crippen molar-refractivity contribution in [3.63, 3.8) is 0 Å². The van der Waals surface area contributed by atoms with E-state index in [0.29, 0.717) is 26.7 Å². The fourth-order valence-electron chi connectivity index (χ4n) is 3.73. The van der Waals surface area contributed by atoms with Crippen LogP contribution >= 0.6 is 23.2 Å². The summed E-state index contributed by atoms with van der Waals surface area (Å²) >= 11 is 12.4. The van der Waals surface area contributed by atoms with Crippen LogP contribution in [0.25, 0.3) is 33.1 Å². The molecule has 6 heteroatoms. The number of carbonyl (C=O) groups excluding carboxylic acids is 1. The predicted molar refractivity (Wildman–Crippen MR) is 111 cm³/mol. The molecule has 4 nitrogen and oxygen atoms in total. The number of ketones is 1. The number of hydrogen-bond donors (Lipinski definition) is 0. The molecule has 0 unspecified atom stereocenters. The Morgan fingerprint density at radius 1 is 0.963 bits per heavy atom. The smallest absolute Gasteiger partial charge is 0.259 e. The average Bonchev–Trinajstić information content (AvgIpc) is 2.91. The van der Waals surface area contributed by atoms with Crippen molar-refractivity contribution in [2.45, 2.75) is 6.92 Å². The molecule has 27 heavy (non-hydrogen) atoms. The van der Waals surface area contributed by atoms with E-state index in [0.717, 1.165) is 21.9 Å². The molecule has 0 saturated carbocycles. The molecule has 2 aromatic heterocycles. The van der Waals surface area contributed by atoms with Crippen LogP contribution in [0.3, 0.4) is 0 Å². The van der Waals surface area contributed by atoms with Gasteiger partial charge < -0.3 is 4.57 Å². The fourth-order valence-corrected chi connectivity index (χ4v) is 4.24. The summed E-state index contributed by atoms with van der Waals surface area (Å²) in [5, 5.41) is 2.59. The van der Waals surface area contributed by atoms with Gasteiger partial charge in [0, 0.05) is 46.6 Å². The summed E-state index contributed by atoms with van der Waals surface area (Å²) in [5.74, 6) is -0.0203. The monoisotopic (exact) mass is 398 g/mol. The molecule has 0 radical (unpaired) electrons. The quantitative estimate of drug-likeness (QED) is 0.435. The third-order valence-corrected chi connectivity index (χ3v) is 5.52. The van der Waals surface area contributed by atoms with E-state index in [2.05, 4.69) is 0 Å². The molecule has 0 atom stereocenters. The normalized spacial score (nSPS) is 11.4. The van der Waals surface area contributed by atoms with Crippen LogP contribution in [0.2, 0.25) is 10.0 Å². The summed E-state index contributed by atoms with van der Waals surface area (Å²) in [6.07, 6.45) is 0. The Morgan fingerprint density at radius 2 is 1.70 bits per heavy atom. The second kappa shape index (κ2) is 6.25. The number of pyridine rings is 1. The Balaban J connectivity index is 2.22. The minimum Gasteiger partial charge on any atom is -0.330 e. The molecule has 0 spiro atoms. The van der Waals surface area contributed by atoms with Gasteiger partial charge in [-0.2, -0.15) is 0 Å². The second-order valence-electron chi connectivity index (χ2n) is 6.60. The van der Waals surface area contributed by atoms with Crippen molar-refractivity contribution in [3.8, 4) is 11.1 Å². The molecule has 2 heterocycles. The molecule has 0 N–H and O–H groups in total. The van der Waals surface area contributed by atoms with Gasteiger partial charge in [-0.15, -0.1) is 0 Å². The summed E-state index contributed by atoms with van der Waals surface area (Å²) in [7, 11) is 3.62. The highest BCUT2D eigenvalue weighted by molar-refractivity contribution is 6.36. The number of nitrogens with zero attached hydrogens (tertiary/aromatic N) is 2. The molecule has 0 aliphatic heterocycles. The Labute approximate surface area is 165 Å². The molecule has 0 amide bonds. The van der Waals surface area contributed by atoms with Gasteiger partial charge >= 0.3 is 0 Å². The fraction of sp³-hybridized carbons (Fsp3) is 0.143. The lowest BCUT2D eigenvalue weighted by atomic mass is 10.0. The average molecular weight is 399 g/mol. The molecule has 2 aromatic carbocycles. The summed E-state index contributed by atoms with van der Waals surface area (Å²) in [5.41, 5.74) is 3.19. The predicted octanol–water partition coefficient (Wildman–Crippen LogP) is 5.21. The van der Waals surface area contributed by atoms with Gasteiger partial charge in [0.25, 0.3) is 5.56 Å². The lowest BCUT2D eigenvalue weighted by Crippen LogP contribution is -2.20. The summed E-state index contributed by atoms with van der Waals surface area (Å²) in [6, 6.07) is 12.5. The molecule has 0 saturated heterocycles. The SMILES string of the molecule is CC(=O)c1cccc2c1c1cc(-c3ccc(Cl)cc3Cl)c(=O)n(C)c1n2C. The molecule has 0 aliphatic rings. The highest BCUT2D eigenvalue weighted by atomic mass is 35.5. The van der Waals surface area contributed by atoms with Crippen LogP contribution in [-0.2, 0) is 14.1 Å². The van der Waals surface area contributed by atoms with Crippen LogP contribution < -0.4 is 5.56 Å². The number of aromatic nitrogens is 2. The molecule has 0 bridgehead atoms. The molecule has 4 rings (SSSR count). The van der Waals surface area contributed by atoms with Gasteiger partial charge in [0.15, 0.2) is 5.78 Å². The van der Waals surface area contributed by atoms with Crippen LogP contribution in [0.5, 0.6) is 0 Å². The first-order valence-corrected chi connectivity index (χ1v) is 9.14. The minimum absolute atomic E-state index is 0.0203. The maximum Gasteiger partial charge on any atom is 0.259 e. The van der Waals surface area contributed by atoms with E-state index in [1.165, 1.54) is 0 Å². The maximum atomic E-state index is 13.1. The third-order valence-electron chi connectivity index (χ3n) is 4.97. The van der Waals surface area contributed by atoms with E-state index < -0.39 is 0 Å². The van der Waals surface area contributed by atoms with Crippen molar-refractivity contribution in [3.05, 3.63) is 68.4 Å². The first kappa shape index (κ1) is 17.8. The Hall–Kier alpha value is -2.56. The highest BCUT2D eigenvalue weighted by Crippen LogP contribution is 2.34. The summed E-state index contributed by atoms with van der Waals surface area (Å²) < 4.78 is 3.53. The number of Topliss-reactive ketones (excluding diaryl/α,β-unsaturated/α-hetero) is 1. The van der Waals surface area contributed by atoms with Gasteiger partial charge in [0.05, 0.1) is 10.5 Å². The van der Waals surface area contributed by atoms with E-state index in [1.807, 2.05) is 35.9 Å². The van der Waals surface area contributed by atoms with Crippen molar-refractivity contribution in [1.82, 2.24) is 9.13 Å². The Bertz CT molecular complexity index is 1320. The number of benzene rings is 2. The number of hydrogen-bond acceptors (Lipinski definition) is 2. The molecule has 136 valence electrons. The number of aryl methyl sites for hydroxylation is 2. The van der Waals surface area contributed by atoms with Crippen molar-refractivity contribution in [2.75, 3.05) is 0 Å². The van der Waals surface area contributed by atoms with Crippen LogP contribution in [0.1, 0.15) is 17.3 Å². The van der Waals surface area contributed by atoms with Gasteiger partial charge in [-0.1, -0.05) is 41.4 Å². The van der Waals surface area contributed by atoms with Crippen molar-refractivity contribution in [1.29, 1.82) is 0 Å². The van der Waals surface area contributed by atoms with Gasteiger partial charge in [-0.25, -0.2) is 0 Å². The molecule has 0 aliphatic carbocycles. The molecule has 0 fully saturated rings. The molecular formula is C21H16Cl2N2O2. The summed E-state index contributed by atoms with van der Waals surface area (Å²) in [4.78, 5) is 25.3. The highest BCUT2D eigenvalue weighted by Gasteiger charge is 2.20. The zero-order valence-electron chi connectivity index (χ0n) is 15.0. The zero-order valence-corrected chi connectivity index (χ0v) is 16.5. The second-order valence-corrected chi connectivity index (χ2v) is 7.44. The zero-order chi connectivity index (χ0) is 19.5. The Morgan fingerprint density at radius 3 is 2.37 bits per heavy atom. The molecular weight excluding hydrogens is 383 g/mol. The Kier molecular flexibility index (Phi) is 4.13. The van der Waals surface area contributed by atoms with Gasteiger partial charge in [-0.3, -0.25) is 14.2 Å². The largest absolute Gasteiger partial charge is 0.330 e. The number of halogens is 2. The standard InChI is InChI=1S/C21H16Cl2N2O2/c1-11(26)13-5-4-6-18-19(13)16-10-15(14-8-7-12(22)9-17(14)23)21(27)25(3)20(16)24(18)2/h4-10H,1-3H3. The van der Waals surface area contributed by atoms with Crippen molar-refractivity contribution in [2.24, 2.45) is 14.1 Å². The van der Waals surface area contributed by atoms with Crippen molar-refractivity contribution >= 4 is 50.9 Å². The topological polar surface area (TPSA) is 44.0 Å². The lowest BCUT2D eigenvalue weighted by molar-refractivity contribution is 0.101. The number of fused-ring (bicyclic) bond motifs is 3. The molecule has 4 aromatic rings. The maximum absolute atomic E-state index is 13.1. The number of carbonyl (C=O) groups is 1. The third kappa shape index (κ3) is 2.59. The van der Waals surface area contributed by atoms with Crippen LogP contribution in [0, 0.1) is 0 Å². The van der Waals surface area contributed by atoms with Gasteiger partial charge in [0.1, 0.15) is 5.65 Å². The van der Waals surface area contributed by atoms with E-state index in [1.54, 1.807) is 36.7 Å². The number of rotatable bonds is 2. The first-order chi connectivity index (χ1) is 12.8. The lowest BCUT2D eigenvalue weighted by Gasteiger charge is -2.10. The van der Waals surface area contributed by atoms with Crippen molar-refractivity contribution < 1.29 is 4.79 Å². The van der Waals surface area contributed by atoms with E-state index >= 15 is 0 Å². The van der Waals surface area contributed by atoms with Crippen LogP contribution in [0.4, 0.5) is 0 Å². The minimum atomic E-state index is -0.165. The van der Waals surface area contributed by atoms with E-state index in [-0.39, 0.29) is 11.3 Å². The first-order valence-electron chi connectivity index (χ1n) is 8.38. The van der Waals surface area contributed by atoms with Crippen LogP contribution in [-0.4, -0.2) is 14.9 Å².